The summed E-state index contributed by atoms with van der Waals surface area (Å²) < 4.78 is 6.76. The lowest BCUT2D eigenvalue weighted by Crippen LogP contribution is -2.08. The average Bonchev–Trinajstić information content (AvgIpc) is 2.90. The van der Waals surface area contributed by atoms with E-state index in [4.69, 9.17) is 4.42 Å². The van der Waals surface area contributed by atoms with Crippen molar-refractivity contribution in [3.63, 3.8) is 0 Å². The summed E-state index contributed by atoms with van der Waals surface area (Å²) >= 11 is 5.52. The van der Waals surface area contributed by atoms with Crippen molar-refractivity contribution in [2.75, 3.05) is 0 Å². The summed E-state index contributed by atoms with van der Waals surface area (Å²) in [5.41, 5.74) is 3.84. The third-order valence-electron chi connectivity index (χ3n) is 3.54. The summed E-state index contributed by atoms with van der Waals surface area (Å²) in [4.78, 5) is 14.2. The van der Waals surface area contributed by atoms with Crippen molar-refractivity contribution in [3.8, 4) is 0 Å². The molecule has 0 fully saturated rings. The van der Waals surface area contributed by atoms with E-state index < -0.39 is 0 Å². The van der Waals surface area contributed by atoms with Crippen LogP contribution in [0.3, 0.4) is 0 Å². The van der Waals surface area contributed by atoms with Crippen LogP contribution in [0.15, 0.2) is 33.5 Å². The zero-order chi connectivity index (χ0) is 14.4. The molecule has 0 N–H and O–H groups in total. The second kappa shape index (κ2) is 4.90. The van der Waals surface area contributed by atoms with E-state index in [0.29, 0.717) is 5.58 Å². The number of fused-ring (bicyclic) bond motifs is 1. The van der Waals surface area contributed by atoms with Gasteiger partial charge in [-0.25, -0.2) is 4.79 Å². The van der Waals surface area contributed by atoms with Crippen LogP contribution in [0.25, 0.3) is 11.1 Å². The van der Waals surface area contributed by atoms with Crippen LogP contribution in [-0.4, -0.2) is 4.57 Å². The van der Waals surface area contributed by atoms with Gasteiger partial charge in [-0.15, -0.1) is 11.3 Å². The van der Waals surface area contributed by atoms with Crippen molar-refractivity contribution in [1.82, 2.24) is 4.57 Å². The Morgan fingerprint density at radius 1 is 1.30 bits per heavy atom. The standard InChI is InChI=1S/C15H14BrNO2S/c1-8-6-13(20-9(8)2)14(16)10-4-5-11-12(7-10)19-15(18)17(11)3/h4-7,14H,1-3H3. The molecule has 2 aromatic heterocycles. The molecular weight excluding hydrogens is 338 g/mol. The van der Waals surface area contributed by atoms with Crippen molar-refractivity contribution in [2.24, 2.45) is 7.05 Å². The highest BCUT2D eigenvalue weighted by atomic mass is 79.9. The molecule has 1 unspecified atom stereocenters. The molecule has 104 valence electrons. The number of alkyl halides is 1. The summed E-state index contributed by atoms with van der Waals surface area (Å²) in [6, 6.07) is 8.09. The fraction of sp³-hybridized carbons (Fsp3) is 0.267. The van der Waals surface area contributed by atoms with E-state index in [1.165, 1.54) is 19.9 Å². The third kappa shape index (κ3) is 2.15. The van der Waals surface area contributed by atoms with Gasteiger partial charge in [-0.1, -0.05) is 22.0 Å². The summed E-state index contributed by atoms with van der Waals surface area (Å²) in [7, 11) is 1.71. The highest BCUT2D eigenvalue weighted by molar-refractivity contribution is 9.09. The Labute approximate surface area is 129 Å². The average molecular weight is 352 g/mol. The predicted octanol–water partition coefficient (Wildman–Crippen LogP) is 4.29. The Bertz CT molecular complexity index is 824. The number of rotatable bonds is 2. The maximum atomic E-state index is 11.5. The third-order valence-corrected chi connectivity index (χ3v) is 6.09. The molecule has 0 radical (unpaired) electrons. The molecule has 0 aliphatic carbocycles. The number of aromatic nitrogens is 1. The predicted molar refractivity (Wildman–Crippen MR) is 86.0 cm³/mol. The lowest BCUT2D eigenvalue weighted by Gasteiger charge is -2.07. The van der Waals surface area contributed by atoms with Gasteiger partial charge in [-0.05, 0) is 43.2 Å². The van der Waals surface area contributed by atoms with Crippen molar-refractivity contribution >= 4 is 38.4 Å². The van der Waals surface area contributed by atoms with Gasteiger partial charge in [0.05, 0.1) is 10.3 Å². The quantitative estimate of drug-likeness (QED) is 0.645. The molecule has 1 atom stereocenters. The molecule has 0 bridgehead atoms. The van der Waals surface area contributed by atoms with Gasteiger partial charge in [0.2, 0.25) is 0 Å². The van der Waals surface area contributed by atoms with Gasteiger partial charge in [-0.2, -0.15) is 0 Å². The van der Waals surface area contributed by atoms with Gasteiger partial charge >= 0.3 is 5.76 Å². The molecule has 0 aliphatic heterocycles. The number of benzene rings is 1. The second-order valence-corrected chi connectivity index (χ2v) is 7.11. The van der Waals surface area contributed by atoms with Crippen LogP contribution in [0.1, 0.15) is 25.7 Å². The van der Waals surface area contributed by atoms with Crippen molar-refractivity contribution in [1.29, 1.82) is 0 Å². The normalized spacial score (nSPS) is 13.0. The van der Waals surface area contributed by atoms with Gasteiger partial charge in [0.25, 0.3) is 0 Å². The van der Waals surface area contributed by atoms with E-state index in [2.05, 4.69) is 35.8 Å². The largest absolute Gasteiger partial charge is 0.419 e. The van der Waals surface area contributed by atoms with Crippen LogP contribution in [0.4, 0.5) is 0 Å². The first-order chi connectivity index (χ1) is 9.47. The number of hydrogen-bond acceptors (Lipinski definition) is 3. The number of oxazole rings is 1. The molecule has 0 amide bonds. The summed E-state index contributed by atoms with van der Waals surface area (Å²) in [5.74, 6) is -0.328. The van der Waals surface area contributed by atoms with Crippen molar-refractivity contribution < 1.29 is 4.42 Å². The SMILES string of the molecule is Cc1cc(C(Br)c2ccc3c(c2)oc(=O)n3C)sc1C. The van der Waals surface area contributed by atoms with Crippen LogP contribution in [-0.2, 0) is 7.05 Å². The van der Waals surface area contributed by atoms with E-state index in [0.717, 1.165) is 11.1 Å². The molecule has 2 heterocycles. The molecular formula is C15H14BrNO2S. The Morgan fingerprint density at radius 2 is 2.05 bits per heavy atom. The molecule has 5 heteroatoms. The lowest BCUT2D eigenvalue weighted by molar-refractivity contribution is 0.528. The van der Waals surface area contributed by atoms with Gasteiger partial charge in [-0.3, -0.25) is 4.57 Å². The number of halogens is 1. The van der Waals surface area contributed by atoms with Crippen LogP contribution < -0.4 is 5.76 Å². The first-order valence-electron chi connectivity index (χ1n) is 6.28. The minimum absolute atomic E-state index is 0.120. The van der Waals surface area contributed by atoms with Gasteiger partial charge < -0.3 is 4.42 Å². The molecule has 1 aromatic carbocycles. The van der Waals surface area contributed by atoms with Crippen molar-refractivity contribution in [2.45, 2.75) is 18.7 Å². The monoisotopic (exact) mass is 351 g/mol. The van der Waals surface area contributed by atoms with E-state index >= 15 is 0 Å². The first-order valence-corrected chi connectivity index (χ1v) is 8.01. The zero-order valence-electron chi connectivity index (χ0n) is 11.4. The molecule has 0 saturated heterocycles. The lowest BCUT2D eigenvalue weighted by atomic mass is 10.1. The Balaban J connectivity index is 2.07. The summed E-state index contributed by atoms with van der Waals surface area (Å²) in [6.07, 6.45) is 0. The molecule has 0 spiro atoms. The maximum absolute atomic E-state index is 11.5. The number of thiophene rings is 1. The highest BCUT2D eigenvalue weighted by Gasteiger charge is 2.16. The number of hydrogen-bond donors (Lipinski definition) is 0. The van der Waals surface area contributed by atoms with Crippen LogP contribution in [0, 0.1) is 13.8 Å². The second-order valence-electron chi connectivity index (χ2n) is 4.90. The Kier molecular flexibility index (Phi) is 3.34. The molecule has 3 nitrogen and oxygen atoms in total. The molecule has 0 aliphatic rings. The fourth-order valence-electron chi connectivity index (χ4n) is 2.20. The summed E-state index contributed by atoms with van der Waals surface area (Å²) in [5, 5.41) is 0. The van der Waals surface area contributed by atoms with Crippen molar-refractivity contribution in [3.05, 3.63) is 55.7 Å². The minimum Gasteiger partial charge on any atom is -0.408 e. The Hall–Kier alpha value is -1.33. The molecule has 3 rings (SSSR count). The summed E-state index contributed by atoms with van der Waals surface area (Å²) in [6.45, 7) is 4.25. The van der Waals surface area contributed by atoms with Gasteiger partial charge in [0.15, 0.2) is 5.58 Å². The van der Waals surface area contributed by atoms with E-state index in [1.807, 2.05) is 18.2 Å². The zero-order valence-corrected chi connectivity index (χ0v) is 13.8. The minimum atomic E-state index is -0.328. The molecule has 0 saturated carbocycles. The van der Waals surface area contributed by atoms with Gasteiger partial charge in [0, 0.05) is 16.8 Å². The molecule has 20 heavy (non-hydrogen) atoms. The van der Waals surface area contributed by atoms with Crippen LogP contribution in [0.2, 0.25) is 0 Å². The van der Waals surface area contributed by atoms with E-state index in [-0.39, 0.29) is 10.6 Å². The molecule has 3 aromatic rings. The topological polar surface area (TPSA) is 35.1 Å². The van der Waals surface area contributed by atoms with E-state index in [1.54, 1.807) is 18.4 Å². The van der Waals surface area contributed by atoms with E-state index in [9.17, 15) is 4.79 Å². The van der Waals surface area contributed by atoms with Crippen LogP contribution in [0.5, 0.6) is 0 Å². The first kappa shape index (κ1) is 13.6. The number of aryl methyl sites for hydroxylation is 3. The van der Waals surface area contributed by atoms with Crippen LogP contribution >= 0.6 is 27.3 Å². The Morgan fingerprint density at radius 3 is 2.70 bits per heavy atom. The maximum Gasteiger partial charge on any atom is 0.419 e. The smallest absolute Gasteiger partial charge is 0.408 e. The van der Waals surface area contributed by atoms with Gasteiger partial charge in [0.1, 0.15) is 0 Å². The fourth-order valence-corrected chi connectivity index (χ4v) is 3.95. The highest BCUT2D eigenvalue weighted by Crippen LogP contribution is 2.37. The number of nitrogens with zero attached hydrogens (tertiary/aromatic N) is 1.